The van der Waals surface area contributed by atoms with E-state index in [4.69, 9.17) is 4.42 Å². The lowest BCUT2D eigenvalue weighted by molar-refractivity contribution is -0.121. The van der Waals surface area contributed by atoms with Crippen LogP contribution in [0.4, 0.5) is 0 Å². The van der Waals surface area contributed by atoms with E-state index in [1.807, 2.05) is 68.8 Å². The van der Waals surface area contributed by atoms with Gasteiger partial charge in [0.05, 0.1) is 17.1 Å². The molecule has 0 radical (unpaired) electrons. The molecule has 0 fully saturated rings. The minimum Gasteiger partial charge on any atom is -0.469 e. The summed E-state index contributed by atoms with van der Waals surface area (Å²) < 4.78 is 7.27. The van der Waals surface area contributed by atoms with Crippen molar-refractivity contribution < 1.29 is 9.21 Å². The number of furan rings is 1. The SMILES string of the molecule is Cc1occc1-c1nnc(S[C@@H](C(=O)NCc2ccccc2)C(C)C)n1C. The zero-order valence-electron chi connectivity index (χ0n) is 16.0. The fourth-order valence-electron chi connectivity index (χ4n) is 2.76. The van der Waals surface area contributed by atoms with Crippen LogP contribution in [0.5, 0.6) is 0 Å². The highest BCUT2D eigenvalue weighted by Gasteiger charge is 2.26. The molecule has 142 valence electrons. The Morgan fingerprint density at radius 3 is 2.59 bits per heavy atom. The Labute approximate surface area is 163 Å². The Morgan fingerprint density at radius 1 is 1.22 bits per heavy atom. The van der Waals surface area contributed by atoms with Gasteiger partial charge in [-0.1, -0.05) is 55.9 Å². The van der Waals surface area contributed by atoms with Gasteiger partial charge in [-0.15, -0.1) is 10.2 Å². The molecule has 27 heavy (non-hydrogen) atoms. The molecule has 0 aliphatic carbocycles. The summed E-state index contributed by atoms with van der Waals surface area (Å²) in [7, 11) is 1.91. The number of benzene rings is 1. The van der Waals surface area contributed by atoms with Crippen LogP contribution >= 0.6 is 11.8 Å². The molecule has 6 nitrogen and oxygen atoms in total. The molecule has 1 amide bonds. The molecule has 0 bridgehead atoms. The molecule has 0 saturated heterocycles. The Bertz CT molecular complexity index is 902. The van der Waals surface area contributed by atoms with Crippen molar-refractivity contribution >= 4 is 17.7 Å². The Hall–Kier alpha value is -2.54. The van der Waals surface area contributed by atoms with Crippen LogP contribution in [-0.2, 0) is 18.4 Å². The first kappa shape index (κ1) is 19.2. The van der Waals surface area contributed by atoms with E-state index in [9.17, 15) is 4.79 Å². The lowest BCUT2D eigenvalue weighted by Crippen LogP contribution is -2.35. The summed E-state index contributed by atoms with van der Waals surface area (Å²) in [6, 6.07) is 11.8. The third-order valence-corrected chi connectivity index (χ3v) is 5.92. The first-order chi connectivity index (χ1) is 13.0. The van der Waals surface area contributed by atoms with E-state index in [0.29, 0.717) is 11.7 Å². The van der Waals surface area contributed by atoms with Crippen molar-refractivity contribution in [1.82, 2.24) is 20.1 Å². The van der Waals surface area contributed by atoms with Crippen molar-refractivity contribution in [2.45, 2.75) is 37.7 Å². The Balaban J connectivity index is 1.72. The van der Waals surface area contributed by atoms with Crippen LogP contribution in [0.25, 0.3) is 11.4 Å². The number of thioether (sulfide) groups is 1. The lowest BCUT2D eigenvalue weighted by Gasteiger charge is -2.19. The van der Waals surface area contributed by atoms with Gasteiger partial charge in [-0.25, -0.2) is 0 Å². The average Bonchev–Trinajstić information content (AvgIpc) is 3.23. The number of aromatic nitrogens is 3. The van der Waals surface area contributed by atoms with Gasteiger partial charge >= 0.3 is 0 Å². The van der Waals surface area contributed by atoms with Crippen LogP contribution in [-0.4, -0.2) is 25.9 Å². The second kappa shape index (κ2) is 8.43. The average molecular weight is 385 g/mol. The van der Waals surface area contributed by atoms with Crippen molar-refractivity contribution in [1.29, 1.82) is 0 Å². The van der Waals surface area contributed by atoms with Crippen LogP contribution in [0.3, 0.4) is 0 Å². The molecule has 0 saturated carbocycles. The highest BCUT2D eigenvalue weighted by atomic mass is 32.2. The van der Waals surface area contributed by atoms with Gasteiger partial charge in [0.2, 0.25) is 5.91 Å². The van der Waals surface area contributed by atoms with Crippen LogP contribution in [0.2, 0.25) is 0 Å². The smallest absolute Gasteiger partial charge is 0.234 e. The van der Waals surface area contributed by atoms with Crippen LogP contribution in [0.15, 0.2) is 52.2 Å². The van der Waals surface area contributed by atoms with Gasteiger partial charge in [0, 0.05) is 13.6 Å². The molecule has 1 atom stereocenters. The summed E-state index contributed by atoms with van der Waals surface area (Å²) >= 11 is 1.44. The quantitative estimate of drug-likeness (QED) is 0.627. The van der Waals surface area contributed by atoms with Gasteiger partial charge in [-0.3, -0.25) is 4.79 Å². The molecule has 0 spiro atoms. The summed E-state index contributed by atoms with van der Waals surface area (Å²) in [6.07, 6.45) is 1.64. The van der Waals surface area contributed by atoms with Gasteiger partial charge in [-0.05, 0) is 24.5 Å². The van der Waals surface area contributed by atoms with Crippen LogP contribution in [0, 0.1) is 12.8 Å². The van der Waals surface area contributed by atoms with Crippen molar-refractivity contribution in [2.24, 2.45) is 13.0 Å². The van der Waals surface area contributed by atoms with Gasteiger partial charge in [0.25, 0.3) is 0 Å². The third-order valence-electron chi connectivity index (χ3n) is 4.34. The number of hydrogen-bond acceptors (Lipinski definition) is 5. The third kappa shape index (κ3) is 4.42. The zero-order chi connectivity index (χ0) is 19.4. The van der Waals surface area contributed by atoms with E-state index in [1.165, 1.54) is 11.8 Å². The van der Waals surface area contributed by atoms with Gasteiger partial charge in [0.1, 0.15) is 5.76 Å². The van der Waals surface area contributed by atoms with Gasteiger partial charge in [0.15, 0.2) is 11.0 Å². The number of nitrogens with zero attached hydrogens (tertiary/aromatic N) is 3. The standard InChI is InChI=1S/C20H24N4O2S/c1-13(2)17(19(25)21-12-15-8-6-5-7-9-15)27-20-23-22-18(24(20)4)16-10-11-26-14(16)3/h5-11,13,17H,12H2,1-4H3,(H,21,25)/t17-/m1/s1. The molecule has 3 rings (SSSR count). The predicted octanol–water partition coefficient (Wildman–Crippen LogP) is 3.82. The normalized spacial score (nSPS) is 12.3. The largest absolute Gasteiger partial charge is 0.469 e. The molecule has 0 aliphatic rings. The van der Waals surface area contributed by atoms with E-state index < -0.39 is 0 Å². The molecule has 0 unspecified atom stereocenters. The maximum Gasteiger partial charge on any atom is 0.234 e. The molecule has 7 heteroatoms. The number of hydrogen-bond donors (Lipinski definition) is 1. The minimum absolute atomic E-state index is 0.00268. The predicted molar refractivity (Wildman–Crippen MR) is 106 cm³/mol. The number of carbonyl (C=O) groups excluding carboxylic acids is 1. The van der Waals surface area contributed by atoms with E-state index in [2.05, 4.69) is 15.5 Å². The van der Waals surface area contributed by atoms with Gasteiger partial charge in [-0.2, -0.15) is 0 Å². The molecular weight excluding hydrogens is 360 g/mol. The van der Waals surface area contributed by atoms with Crippen molar-refractivity contribution in [3.63, 3.8) is 0 Å². The summed E-state index contributed by atoms with van der Waals surface area (Å²) in [6.45, 7) is 6.49. The molecule has 1 aromatic carbocycles. The number of amides is 1. The fourth-order valence-corrected chi connectivity index (χ4v) is 3.78. The van der Waals surface area contributed by atoms with Crippen molar-refractivity contribution in [3.05, 3.63) is 54.0 Å². The minimum atomic E-state index is -0.255. The maximum atomic E-state index is 12.8. The van der Waals surface area contributed by atoms with E-state index in [-0.39, 0.29) is 17.1 Å². The first-order valence-electron chi connectivity index (χ1n) is 8.89. The molecule has 2 aromatic heterocycles. The van der Waals surface area contributed by atoms with E-state index in [0.717, 1.165) is 22.7 Å². The second-order valence-electron chi connectivity index (χ2n) is 6.74. The fraction of sp³-hybridized carbons (Fsp3) is 0.350. The number of rotatable bonds is 7. The highest BCUT2D eigenvalue weighted by molar-refractivity contribution is 8.00. The molecule has 3 aromatic rings. The second-order valence-corrected chi connectivity index (χ2v) is 7.85. The van der Waals surface area contributed by atoms with Crippen LogP contribution in [0.1, 0.15) is 25.2 Å². The summed E-state index contributed by atoms with van der Waals surface area (Å²) in [5, 5.41) is 12.1. The summed E-state index contributed by atoms with van der Waals surface area (Å²) in [4.78, 5) is 12.8. The number of aryl methyl sites for hydroxylation is 1. The number of carbonyl (C=O) groups is 1. The van der Waals surface area contributed by atoms with E-state index >= 15 is 0 Å². The monoisotopic (exact) mass is 384 g/mol. The lowest BCUT2D eigenvalue weighted by atomic mass is 10.1. The molecule has 2 heterocycles. The topological polar surface area (TPSA) is 72.9 Å². The molecule has 1 N–H and O–H groups in total. The Morgan fingerprint density at radius 2 is 1.96 bits per heavy atom. The van der Waals surface area contributed by atoms with Crippen molar-refractivity contribution in [2.75, 3.05) is 0 Å². The number of nitrogens with one attached hydrogen (secondary N) is 1. The zero-order valence-corrected chi connectivity index (χ0v) is 16.8. The van der Waals surface area contributed by atoms with Gasteiger partial charge < -0.3 is 14.3 Å². The summed E-state index contributed by atoms with van der Waals surface area (Å²) in [5.41, 5.74) is 1.99. The highest BCUT2D eigenvalue weighted by Crippen LogP contribution is 2.30. The molecule has 0 aliphatic heterocycles. The van der Waals surface area contributed by atoms with Crippen molar-refractivity contribution in [3.8, 4) is 11.4 Å². The summed E-state index contributed by atoms with van der Waals surface area (Å²) in [5.74, 6) is 1.68. The molecular formula is C20H24N4O2S. The first-order valence-corrected chi connectivity index (χ1v) is 9.77. The maximum absolute atomic E-state index is 12.8. The Kier molecular flexibility index (Phi) is 6.01. The van der Waals surface area contributed by atoms with Crippen LogP contribution < -0.4 is 5.32 Å². The van der Waals surface area contributed by atoms with E-state index in [1.54, 1.807) is 6.26 Å².